The lowest BCUT2D eigenvalue weighted by atomic mass is 9.98. The number of nitrogens with two attached hydrogens (primary N) is 1. The van der Waals surface area contributed by atoms with E-state index in [1.165, 1.54) is 0 Å². The fourth-order valence-corrected chi connectivity index (χ4v) is 3.42. The average molecular weight is 281 g/mol. The molecule has 3 atom stereocenters. The number of rotatable bonds is 5. The summed E-state index contributed by atoms with van der Waals surface area (Å²) in [5.41, 5.74) is 6.07. The van der Waals surface area contributed by atoms with Crippen LogP contribution in [-0.2, 0) is 9.59 Å². The van der Waals surface area contributed by atoms with Gasteiger partial charge in [0.2, 0.25) is 11.8 Å². The van der Waals surface area contributed by atoms with Gasteiger partial charge in [0.15, 0.2) is 0 Å². The molecule has 5 heteroatoms. The first-order valence-corrected chi connectivity index (χ1v) is 7.77. The third-order valence-corrected chi connectivity index (χ3v) is 4.52. The Balaban J connectivity index is 1.67. The van der Waals surface area contributed by atoms with Gasteiger partial charge in [0.25, 0.3) is 0 Å². The minimum atomic E-state index is 0.0353. The summed E-state index contributed by atoms with van der Waals surface area (Å²) in [7, 11) is 0. The van der Waals surface area contributed by atoms with Crippen LogP contribution in [0.2, 0.25) is 0 Å². The lowest BCUT2D eigenvalue weighted by Crippen LogP contribution is -2.35. The quantitative estimate of drug-likeness (QED) is 0.780. The van der Waals surface area contributed by atoms with Gasteiger partial charge in [0.1, 0.15) is 0 Å². The Morgan fingerprint density at radius 2 is 2.05 bits per heavy atom. The minimum Gasteiger partial charge on any atom is -0.356 e. The number of hydrogen-bond acceptors (Lipinski definition) is 3. The summed E-state index contributed by atoms with van der Waals surface area (Å²) in [4.78, 5) is 25.6. The van der Waals surface area contributed by atoms with E-state index in [-0.39, 0.29) is 17.9 Å². The molecule has 0 bridgehead atoms. The molecular weight excluding hydrogens is 254 g/mol. The van der Waals surface area contributed by atoms with Crippen molar-refractivity contribution in [2.24, 2.45) is 23.5 Å². The van der Waals surface area contributed by atoms with Gasteiger partial charge in [-0.25, -0.2) is 0 Å². The summed E-state index contributed by atoms with van der Waals surface area (Å²) >= 11 is 0. The summed E-state index contributed by atoms with van der Waals surface area (Å²) in [5, 5.41) is 2.82. The zero-order chi connectivity index (χ0) is 14.7. The van der Waals surface area contributed by atoms with Crippen LogP contribution in [0.15, 0.2) is 0 Å². The second kappa shape index (κ2) is 6.57. The Morgan fingerprint density at radius 1 is 1.30 bits per heavy atom. The van der Waals surface area contributed by atoms with Gasteiger partial charge in [0.05, 0.1) is 0 Å². The van der Waals surface area contributed by atoms with Crippen molar-refractivity contribution in [3.05, 3.63) is 0 Å². The molecule has 2 fully saturated rings. The number of hydrogen-bond donors (Lipinski definition) is 2. The highest BCUT2D eigenvalue weighted by atomic mass is 16.2. The zero-order valence-corrected chi connectivity index (χ0v) is 12.6. The van der Waals surface area contributed by atoms with E-state index in [0.717, 1.165) is 25.9 Å². The van der Waals surface area contributed by atoms with Crippen LogP contribution in [0.4, 0.5) is 0 Å². The number of nitrogens with one attached hydrogen (secondary N) is 1. The molecule has 114 valence electrons. The highest BCUT2D eigenvalue weighted by Gasteiger charge is 2.42. The lowest BCUT2D eigenvalue weighted by molar-refractivity contribution is -0.130. The maximum Gasteiger partial charge on any atom is 0.224 e. The minimum absolute atomic E-state index is 0.0353. The summed E-state index contributed by atoms with van der Waals surface area (Å²) in [5.74, 6) is 1.63. The maximum atomic E-state index is 12.1. The Bertz CT molecular complexity index is 370. The van der Waals surface area contributed by atoms with Crippen molar-refractivity contribution in [3.63, 3.8) is 0 Å². The van der Waals surface area contributed by atoms with Crippen LogP contribution in [0.3, 0.4) is 0 Å². The predicted octanol–water partition coefficient (Wildman–Crippen LogP) is 0.735. The van der Waals surface area contributed by atoms with Crippen LogP contribution in [0.5, 0.6) is 0 Å². The van der Waals surface area contributed by atoms with Crippen LogP contribution in [0, 0.1) is 17.8 Å². The predicted molar refractivity (Wildman–Crippen MR) is 77.9 cm³/mol. The molecule has 0 radical (unpaired) electrons. The number of carbonyl (C=O) groups excluding carboxylic acids is 2. The molecule has 1 saturated carbocycles. The highest BCUT2D eigenvalue weighted by Crippen LogP contribution is 2.37. The molecule has 0 aromatic carbocycles. The summed E-state index contributed by atoms with van der Waals surface area (Å²) in [6.45, 7) is 6.14. The van der Waals surface area contributed by atoms with Crippen molar-refractivity contribution >= 4 is 11.8 Å². The topological polar surface area (TPSA) is 75.4 Å². The lowest BCUT2D eigenvalue weighted by Gasteiger charge is -2.19. The molecule has 2 aliphatic rings. The summed E-state index contributed by atoms with van der Waals surface area (Å²) in [6, 6.07) is 0.267. The van der Waals surface area contributed by atoms with Crippen molar-refractivity contribution in [2.75, 3.05) is 19.6 Å². The van der Waals surface area contributed by atoms with E-state index in [9.17, 15) is 9.59 Å². The van der Waals surface area contributed by atoms with Crippen LogP contribution in [0.1, 0.15) is 39.5 Å². The number of carbonyl (C=O) groups is 2. The molecule has 1 aliphatic carbocycles. The van der Waals surface area contributed by atoms with Gasteiger partial charge in [-0.15, -0.1) is 0 Å². The summed E-state index contributed by atoms with van der Waals surface area (Å²) < 4.78 is 0. The molecule has 1 heterocycles. The molecule has 0 aromatic heterocycles. The number of likely N-dealkylation sites (tertiary alicyclic amines) is 1. The van der Waals surface area contributed by atoms with Gasteiger partial charge in [-0.2, -0.15) is 0 Å². The maximum absolute atomic E-state index is 12.1. The van der Waals surface area contributed by atoms with E-state index in [4.69, 9.17) is 5.73 Å². The van der Waals surface area contributed by atoms with Crippen LogP contribution < -0.4 is 11.1 Å². The Hall–Kier alpha value is -1.10. The normalized spacial score (nSPS) is 28.8. The first-order chi connectivity index (χ1) is 9.47. The van der Waals surface area contributed by atoms with E-state index in [1.807, 2.05) is 18.7 Å². The molecule has 5 nitrogen and oxygen atoms in total. The Labute approximate surface area is 121 Å². The second-order valence-corrected chi connectivity index (χ2v) is 6.66. The molecule has 1 saturated heterocycles. The van der Waals surface area contributed by atoms with E-state index >= 15 is 0 Å². The molecule has 20 heavy (non-hydrogen) atoms. The highest BCUT2D eigenvalue weighted by molar-refractivity contribution is 5.79. The van der Waals surface area contributed by atoms with Crippen molar-refractivity contribution < 1.29 is 9.59 Å². The van der Waals surface area contributed by atoms with Crippen LogP contribution in [-0.4, -0.2) is 42.4 Å². The Kier molecular flexibility index (Phi) is 5.02. The number of amides is 2. The molecule has 0 aromatic rings. The molecule has 3 unspecified atom stereocenters. The Morgan fingerprint density at radius 3 is 2.70 bits per heavy atom. The second-order valence-electron chi connectivity index (χ2n) is 6.66. The van der Waals surface area contributed by atoms with E-state index < -0.39 is 0 Å². The molecule has 1 aliphatic heterocycles. The molecule has 0 spiro atoms. The van der Waals surface area contributed by atoms with Gasteiger partial charge in [-0.1, -0.05) is 13.8 Å². The standard InChI is InChI=1S/C15H27N3O2/c1-10(2)7-14(19)17-6-5-15(20)18-8-11-3-4-13(16)12(11)9-18/h10-13H,3-9,16H2,1-2H3,(H,17,19). The summed E-state index contributed by atoms with van der Waals surface area (Å²) in [6.07, 6.45) is 3.18. The fourth-order valence-electron chi connectivity index (χ4n) is 3.42. The van der Waals surface area contributed by atoms with Crippen molar-refractivity contribution in [3.8, 4) is 0 Å². The number of nitrogens with zero attached hydrogens (tertiary/aromatic N) is 1. The van der Waals surface area contributed by atoms with Gasteiger partial charge in [-0.3, -0.25) is 9.59 Å². The largest absolute Gasteiger partial charge is 0.356 e. The molecular formula is C15H27N3O2. The van der Waals surface area contributed by atoms with E-state index in [2.05, 4.69) is 5.32 Å². The van der Waals surface area contributed by atoms with Crippen LogP contribution >= 0.6 is 0 Å². The van der Waals surface area contributed by atoms with Gasteiger partial charge < -0.3 is 16.0 Å². The van der Waals surface area contributed by atoms with Gasteiger partial charge >= 0.3 is 0 Å². The molecule has 3 N–H and O–H groups in total. The average Bonchev–Trinajstić information content (AvgIpc) is 2.91. The monoisotopic (exact) mass is 281 g/mol. The third-order valence-electron chi connectivity index (χ3n) is 4.52. The van der Waals surface area contributed by atoms with Gasteiger partial charge in [-0.05, 0) is 30.6 Å². The van der Waals surface area contributed by atoms with E-state index in [0.29, 0.717) is 37.1 Å². The van der Waals surface area contributed by atoms with Crippen LogP contribution in [0.25, 0.3) is 0 Å². The first-order valence-electron chi connectivity index (χ1n) is 7.77. The SMILES string of the molecule is CC(C)CC(=O)NCCC(=O)N1CC2CCC(N)C2C1. The smallest absolute Gasteiger partial charge is 0.224 e. The number of fused-ring (bicyclic) bond motifs is 1. The van der Waals surface area contributed by atoms with Crippen molar-refractivity contribution in [2.45, 2.75) is 45.6 Å². The van der Waals surface area contributed by atoms with E-state index in [1.54, 1.807) is 0 Å². The van der Waals surface area contributed by atoms with Crippen molar-refractivity contribution in [1.29, 1.82) is 0 Å². The fraction of sp³-hybridized carbons (Fsp3) is 0.867. The van der Waals surface area contributed by atoms with Gasteiger partial charge in [0, 0.05) is 38.5 Å². The molecule has 2 amide bonds. The third kappa shape index (κ3) is 3.72. The molecule has 2 rings (SSSR count). The first kappa shape index (κ1) is 15.3. The van der Waals surface area contributed by atoms with Crippen molar-refractivity contribution in [1.82, 2.24) is 10.2 Å². The zero-order valence-electron chi connectivity index (χ0n) is 12.6.